The van der Waals surface area contributed by atoms with E-state index in [2.05, 4.69) is 6.07 Å². The first-order valence-corrected chi connectivity index (χ1v) is 8.66. The molecule has 2 N–H and O–H groups in total. The number of methoxy groups -OCH3 is 1. The molecule has 21 heavy (non-hydrogen) atoms. The van der Waals surface area contributed by atoms with E-state index in [1.807, 2.05) is 12.1 Å². The highest BCUT2D eigenvalue weighted by molar-refractivity contribution is 6.32. The minimum Gasteiger partial charge on any atom is -0.495 e. The van der Waals surface area contributed by atoms with E-state index >= 15 is 0 Å². The Balaban J connectivity index is 1.71. The van der Waals surface area contributed by atoms with Crippen LogP contribution in [-0.2, 0) is 0 Å². The third-order valence-corrected chi connectivity index (χ3v) is 5.96. The third-order valence-electron chi connectivity index (χ3n) is 5.65. The van der Waals surface area contributed by atoms with Crippen LogP contribution >= 0.6 is 11.6 Å². The zero-order valence-corrected chi connectivity index (χ0v) is 13.6. The zero-order chi connectivity index (χ0) is 14.8. The minimum atomic E-state index is 0.110. The number of nitrogens with two attached hydrogens (primary N) is 1. The molecule has 0 aliphatic heterocycles. The van der Waals surface area contributed by atoms with Crippen molar-refractivity contribution < 1.29 is 4.74 Å². The number of hydrogen-bond donors (Lipinski definition) is 1. The first-order valence-electron chi connectivity index (χ1n) is 8.28. The van der Waals surface area contributed by atoms with Gasteiger partial charge in [-0.2, -0.15) is 0 Å². The standard InChI is InChI=1S/C18H26ClNO/c1-21-17-11-15(8-9-16(17)19)18(20)14-7-6-12-4-2-3-5-13(12)10-14/h8-9,11-14,18H,2-7,10,20H2,1H3. The van der Waals surface area contributed by atoms with Gasteiger partial charge in [0.15, 0.2) is 0 Å². The summed E-state index contributed by atoms with van der Waals surface area (Å²) in [6, 6.07) is 6.09. The van der Waals surface area contributed by atoms with E-state index in [1.54, 1.807) is 7.11 Å². The molecule has 0 aromatic heterocycles. The van der Waals surface area contributed by atoms with Crippen molar-refractivity contribution in [1.82, 2.24) is 0 Å². The Morgan fingerprint density at radius 3 is 2.67 bits per heavy atom. The van der Waals surface area contributed by atoms with Crippen LogP contribution in [0.2, 0.25) is 5.02 Å². The number of hydrogen-bond acceptors (Lipinski definition) is 2. The predicted octanol–water partition coefficient (Wildman–Crippen LogP) is 4.95. The fourth-order valence-electron chi connectivity index (χ4n) is 4.39. The summed E-state index contributed by atoms with van der Waals surface area (Å²) in [5.74, 6) is 3.23. The lowest BCUT2D eigenvalue weighted by molar-refractivity contribution is 0.117. The Labute approximate surface area is 133 Å². The van der Waals surface area contributed by atoms with Gasteiger partial charge in [0, 0.05) is 6.04 Å². The molecule has 0 amide bonds. The van der Waals surface area contributed by atoms with Gasteiger partial charge in [-0.15, -0.1) is 0 Å². The van der Waals surface area contributed by atoms with E-state index in [0.717, 1.165) is 23.1 Å². The van der Waals surface area contributed by atoms with Crippen molar-refractivity contribution in [2.24, 2.45) is 23.5 Å². The van der Waals surface area contributed by atoms with Gasteiger partial charge in [0.25, 0.3) is 0 Å². The fourth-order valence-corrected chi connectivity index (χ4v) is 4.59. The summed E-state index contributed by atoms with van der Waals surface area (Å²) in [7, 11) is 1.66. The topological polar surface area (TPSA) is 35.2 Å². The van der Waals surface area contributed by atoms with Crippen molar-refractivity contribution in [3.8, 4) is 5.75 Å². The average Bonchev–Trinajstić information content (AvgIpc) is 2.54. The van der Waals surface area contributed by atoms with Crippen LogP contribution in [0.5, 0.6) is 5.75 Å². The SMILES string of the molecule is COc1cc(C(N)C2CCC3CCCCC3C2)ccc1Cl. The van der Waals surface area contributed by atoms with Gasteiger partial charge in [-0.1, -0.05) is 43.4 Å². The molecule has 0 radical (unpaired) electrons. The first-order chi connectivity index (χ1) is 10.2. The highest BCUT2D eigenvalue weighted by atomic mass is 35.5. The van der Waals surface area contributed by atoms with Crippen molar-refractivity contribution in [3.05, 3.63) is 28.8 Å². The number of rotatable bonds is 3. The van der Waals surface area contributed by atoms with Crippen molar-refractivity contribution >= 4 is 11.6 Å². The molecular formula is C18H26ClNO. The molecule has 1 aromatic carbocycles. The molecule has 1 aromatic rings. The van der Waals surface area contributed by atoms with E-state index < -0.39 is 0 Å². The molecule has 3 rings (SSSR count). The van der Waals surface area contributed by atoms with Crippen LogP contribution in [0.4, 0.5) is 0 Å². The second-order valence-corrected chi connectivity index (χ2v) is 7.20. The van der Waals surface area contributed by atoms with Crippen LogP contribution < -0.4 is 10.5 Å². The maximum absolute atomic E-state index is 6.57. The molecule has 2 aliphatic rings. The van der Waals surface area contributed by atoms with Crippen molar-refractivity contribution in [2.75, 3.05) is 7.11 Å². The lowest BCUT2D eigenvalue weighted by atomic mass is 9.65. The highest BCUT2D eigenvalue weighted by Crippen LogP contribution is 2.46. The lowest BCUT2D eigenvalue weighted by Gasteiger charge is -2.41. The Morgan fingerprint density at radius 2 is 1.90 bits per heavy atom. The summed E-state index contributed by atoms with van der Waals surface area (Å²) in [6.45, 7) is 0. The van der Waals surface area contributed by atoms with E-state index in [1.165, 1.54) is 44.9 Å². The van der Waals surface area contributed by atoms with E-state index in [9.17, 15) is 0 Å². The molecule has 0 saturated heterocycles. The van der Waals surface area contributed by atoms with Crippen molar-refractivity contribution in [1.29, 1.82) is 0 Å². The second-order valence-electron chi connectivity index (χ2n) is 6.80. The summed E-state index contributed by atoms with van der Waals surface area (Å²) < 4.78 is 5.32. The van der Waals surface area contributed by atoms with Gasteiger partial charge >= 0.3 is 0 Å². The Bertz CT molecular complexity index is 490. The van der Waals surface area contributed by atoms with Crippen molar-refractivity contribution in [3.63, 3.8) is 0 Å². The molecule has 0 heterocycles. The summed E-state index contributed by atoms with van der Waals surface area (Å²) in [6.07, 6.45) is 9.65. The van der Waals surface area contributed by atoms with Gasteiger partial charge in [-0.25, -0.2) is 0 Å². The fraction of sp³-hybridized carbons (Fsp3) is 0.667. The van der Waals surface area contributed by atoms with Gasteiger partial charge in [-0.3, -0.25) is 0 Å². The quantitative estimate of drug-likeness (QED) is 0.857. The molecule has 116 valence electrons. The molecular weight excluding hydrogens is 282 g/mol. The van der Waals surface area contributed by atoms with Crippen LogP contribution in [0, 0.1) is 17.8 Å². The molecule has 2 saturated carbocycles. The minimum absolute atomic E-state index is 0.110. The van der Waals surface area contributed by atoms with E-state index in [-0.39, 0.29) is 6.04 Å². The normalized spacial score (nSPS) is 30.5. The van der Waals surface area contributed by atoms with E-state index in [4.69, 9.17) is 22.1 Å². The van der Waals surface area contributed by atoms with Gasteiger partial charge < -0.3 is 10.5 Å². The Kier molecular flexibility index (Phi) is 4.75. The predicted molar refractivity (Wildman–Crippen MR) is 87.7 cm³/mol. The van der Waals surface area contributed by atoms with Crippen LogP contribution in [0.1, 0.15) is 56.6 Å². The molecule has 2 aliphatic carbocycles. The molecule has 0 bridgehead atoms. The zero-order valence-electron chi connectivity index (χ0n) is 12.9. The van der Waals surface area contributed by atoms with Gasteiger partial charge in [0.1, 0.15) is 5.75 Å². The van der Waals surface area contributed by atoms with Crippen LogP contribution in [0.15, 0.2) is 18.2 Å². The molecule has 4 atom stereocenters. The summed E-state index contributed by atoms with van der Waals surface area (Å²) in [5.41, 5.74) is 7.73. The van der Waals surface area contributed by atoms with E-state index in [0.29, 0.717) is 10.9 Å². The Hall–Kier alpha value is -0.730. The van der Waals surface area contributed by atoms with Gasteiger partial charge in [0.05, 0.1) is 12.1 Å². The molecule has 2 nitrogen and oxygen atoms in total. The molecule has 0 spiro atoms. The summed E-state index contributed by atoms with van der Waals surface area (Å²) in [4.78, 5) is 0. The average molecular weight is 308 g/mol. The van der Waals surface area contributed by atoms with Crippen molar-refractivity contribution in [2.45, 2.75) is 51.0 Å². The van der Waals surface area contributed by atoms with Gasteiger partial charge in [-0.05, 0) is 54.7 Å². The second kappa shape index (κ2) is 6.58. The molecule has 3 heteroatoms. The van der Waals surface area contributed by atoms with Crippen LogP contribution in [0.25, 0.3) is 0 Å². The molecule has 4 unspecified atom stereocenters. The monoisotopic (exact) mass is 307 g/mol. The number of halogens is 1. The smallest absolute Gasteiger partial charge is 0.137 e. The largest absolute Gasteiger partial charge is 0.495 e. The molecule has 2 fully saturated rings. The highest BCUT2D eigenvalue weighted by Gasteiger charge is 2.34. The number of fused-ring (bicyclic) bond motifs is 1. The summed E-state index contributed by atoms with van der Waals surface area (Å²) >= 11 is 6.11. The first kappa shape index (κ1) is 15.2. The lowest BCUT2D eigenvalue weighted by Crippen LogP contribution is -2.33. The number of benzene rings is 1. The van der Waals surface area contributed by atoms with Crippen LogP contribution in [0.3, 0.4) is 0 Å². The maximum Gasteiger partial charge on any atom is 0.137 e. The van der Waals surface area contributed by atoms with Gasteiger partial charge in [0.2, 0.25) is 0 Å². The Morgan fingerprint density at radius 1 is 1.14 bits per heavy atom. The van der Waals surface area contributed by atoms with Crippen LogP contribution in [-0.4, -0.2) is 7.11 Å². The summed E-state index contributed by atoms with van der Waals surface area (Å²) in [5, 5.41) is 0.657. The maximum atomic E-state index is 6.57. The third kappa shape index (κ3) is 3.22. The number of ether oxygens (including phenoxy) is 1.